The summed E-state index contributed by atoms with van der Waals surface area (Å²) in [7, 11) is 0. The van der Waals surface area contributed by atoms with Crippen LogP contribution in [0.1, 0.15) is 0 Å². The number of hydrogen-bond acceptors (Lipinski definition) is 2. The first kappa shape index (κ1) is 9.36. The highest BCUT2D eigenvalue weighted by molar-refractivity contribution is 5.20. The van der Waals surface area contributed by atoms with E-state index in [4.69, 9.17) is 9.59 Å². The van der Waals surface area contributed by atoms with Crippen LogP contribution in [0, 0.1) is 0 Å². The maximum absolute atomic E-state index is 10.1. The molecule has 0 aliphatic heterocycles. The van der Waals surface area contributed by atoms with Crippen LogP contribution in [-0.2, 0) is 9.59 Å². The Kier molecular flexibility index (Phi) is 11.9. The number of rotatable bonds is 0. The van der Waals surface area contributed by atoms with Crippen LogP contribution in [0.5, 0.6) is 0 Å². The van der Waals surface area contributed by atoms with Crippen LogP contribution in [0.3, 0.4) is 0 Å². The van der Waals surface area contributed by atoms with E-state index < -0.39 is 6.08 Å². The van der Waals surface area contributed by atoms with Crippen molar-refractivity contribution in [3.63, 3.8) is 0 Å². The lowest BCUT2D eigenvalue weighted by molar-refractivity contribution is -0.191. The highest BCUT2D eigenvalue weighted by atomic mass is 19.3. The van der Waals surface area contributed by atoms with E-state index in [1.165, 1.54) is 0 Å². The van der Waals surface area contributed by atoms with Crippen molar-refractivity contribution in [2.75, 3.05) is 0 Å². The summed E-state index contributed by atoms with van der Waals surface area (Å²) in [6.07, 6.45) is -1.58. The Morgan fingerprint density at radius 2 is 1.43 bits per heavy atom. The zero-order valence-corrected chi connectivity index (χ0v) is 3.28. The van der Waals surface area contributed by atoms with E-state index in [-0.39, 0.29) is 6.15 Å². The molecular formula is C3H2F2O2. The molecule has 0 aliphatic carbocycles. The van der Waals surface area contributed by atoms with Crippen LogP contribution >= 0.6 is 0 Å². The van der Waals surface area contributed by atoms with Crippen LogP contribution in [-0.4, -0.2) is 6.15 Å². The normalized spacial score (nSPS) is 4.86. The molecule has 0 spiro atoms. The molecule has 0 rings (SSSR count). The van der Waals surface area contributed by atoms with Crippen LogP contribution in [0.2, 0.25) is 0 Å². The molecule has 40 valence electrons. The third-order valence-corrected chi connectivity index (χ3v) is 0. The van der Waals surface area contributed by atoms with E-state index in [0.29, 0.717) is 0 Å². The zero-order chi connectivity index (χ0) is 6.28. The standard InChI is InChI=1S/C2H2F2.CO2/c1-2(3)4;2-1-3/h1H2;. The van der Waals surface area contributed by atoms with Gasteiger partial charge in [-0.25, -0.2) is 0 Å². The third kappa shape index (κ3) is 42.5. The average Bonchev–Trinajstić information content (AvgIpc) is 1.33. The second-order valence-electron chi connectivity index (χ2n) is 0.422. The van der Waals surface area contributed by atoms with Gasteiger partial charge in [-0.2, -0.15) is 18.4 Å². The van der Waals surface area contributed by atoms with Gasteiger partial charge in [-0.3, -0.25) is 0 Å². The molecule has 0 radical (unpaired) electrons. The monoisotopic (exact) mass is 108 g/mol. The zero-order valence-electron chi connectivity index (χ0n) is 3.28. The lowest BCUT2D eigenvalue weighted by Gasteiger charge is -1.54. The van der Waals surface area contributed by atoms with Crippen LogP contribution in [0.4, 0.5) is 8.78 Å². The second-order valence-corrected chi connectivity index (χ2v) is 0.422. The summed E-state index contributed by atoms with van der Waals surface area (Å²) >= 11 is 0. The summed E-state index contributed by atoms with van der Waals surface area (Å²) in [6.45, 7) is 2.22. The minimum Gasteiger partial charge on any atom is -0.186 e. The molecule has 0 unspecified atom stereocenters. The van der Waals surface area contributed by atoms with Crippen molar-refractivity contribution in [2.24, 2.45) is 0 Å². The molecule has 2 nitrogen and oxygen atoms in total. The average molecular weight is 108 g/mol. The second kappa shape index (κ2) is 8.88. The lowest BCUT2D eigenvalue weighted by atomic mass is 11.2. The predicted octanol–water partition coefficient (Wildman–Crippen LogP) is 0.813. The Hall–Kier alpha value is -1.02. The molecule has 0 aliphatic rings. The Morgan fingerprint density at radius 1 is 1.43 bits per heavy atom. The van der Waals surface area contributed by atoms with Gasteiger partial charge in [0, 0.05) is 0 Å². The smallest absolute Gasteiger partial charge is 0.186 e. The van der Waals surface area contributed by atoms with Crippen molar-refractivity contribution < 1.29 is 18.4 Å². The third-order valence-electron chi connectivity index (χ3n) is 0. The Bertz CT molecular complexity index is 78.9. The van der Waals surface area contributed by atoms with Gasteiger partial charge in [0.05, 0.1) is 0 Å². The molecule has 4 heteroatoms. The predicted molar refractivity (Wildman–Crippen MR) is 16.4 cm³/mol. The molecule has 7 heavy (non-hydrogen) atoms. The van der Waals surface area contributed by atoms with Gasteiger partial charge in [-0.05, 0) is 6.58 Å². The maximum atomic E-state index is 10.1. The Morgan fingerprint density at radius 3 is 1.43 bits per heavy atom. The topological polar surface area (TPSA) is 34.1 Å². The molecule has 0 bridgehead atoms. The molecular weight excluding hydrogens is 106 g/mol. The first-order chi connectivity index (χ1) is 3.15. The summed E-state index contributed by atoms with van der Waals surface area (Å²) in [5.41, 5.74) is 0. The minimum absolute atomic E-state index is 0.250. The fourth-order valence-corrected chi connectivity index (χ4v) is 0. The Labute approximate surface area is 38.4 Å². The van der Waals surface area contributed by atoms with E-state index in [0.717, 1.165) is 0 Å². The van der Waals surface area contributed by atoms with E-state index in [2.05, 4.69) is 6.58 Å². The van der Waals surface area contributed by atoms with Crippen molar-refractivity contribution in [1.29, 1.82) is 0 Å². The first-order valence-corrected chi connectivity index (χ1v) is 1.14. The molecule has 0 amide bonds. The fourth-order valence-electron chi connectivity index (χ4n) is 0. The summed E-state index contributed by atoms with van der Waals surface area (Å²) < 4.78 is 20.3. The van der Waals surface area contributed by atoms with Gasteiger partial charge < -0.3 is 0 Å². The number of hydrogen-bond donors (Lipinski definition) is 0. The van der Waals surface area contributed by atoms with Gasteiger partial charge in [0.25, 0.3) is 6.08 Å². The molecule has 0 atom stereocenters. The van der Waals surface area contributed by atoms with Crippen molar-refractivity contribution in [2.45, 2.75) is 0 Å². The number of halogens is 2. The maximum Gasteiger partial charge on any atom is 0.373 e. The first-order valence-electron chi connectivity index (χ1n) is 1.14. The van der Waals surface area contributed by atoms with Crippen LogP contribution < -0.4 is 0 Å². The molecule has 0 aromatic carbocycles. The lowest BCUT2D eigenvalue weighted by Crippen LogP contribution is -1.33. The van der Waals surface area contributed by atoms with E-state index in [9.17, 15) is 8.78 Å². The highest BCUT2D eigenvalue weighted by Crippen LogP contribution is 1.85. The van der Waals surface area contributed by atoms with Crippen molar-refractivity contribution >= 4 is 6.15 Å². The molecule has 0 saturated carbocycles. The van der Waals surface area contributed by atoms with Gasteiger partial charge in [-0.1, -0.05) is 0 Å². The van der Waals surface area contributed by atoms with Gasteiger partial charge in [0.2, 0.25) is 0 Å². The molecule has 0 fully saturated rings. The quantitative estimate of drug-likeness (QED) is 0.460. The van der Waals surface area contributed by atoms with Crippen molar-refractivity contribution in [3.8, 4) is 0 Å². The van der Waals surface area contributed by atoms with E-state index >= 15 is 0 Å². The molecule has 0 N–H and O–H groups in total. The largest absolute Gasteiger partial charge is 0.373 e. The SMILES string of the molecule is C=C(F)F.O=C=O. The molecule has 0 aromatic rings. The van der Waals surface area contributed by atoms with E-state index in [1.54, 1.807) is 0 Å². The molecule has 0 aromatic heterocycles. The highest BCUT2D eigenvalue weighted by Gasteiger charge is 1.65. The Balaban J connectivity index is 0. The van der Waals surface area contributed by atoms with Gasteiger partial charge in [0.15, 0.2) is 0 Å². The summed E-state index contributed by atoms with van der Waals surface area (Å²) in [5.74, 6) is 0. The summed E-state index contributed by atoms with van der Waals surface area (Å²) in [4.78, 5) is 16.2. The number of carbonyl (C=O) groups excluding carboxylic acids is 2. The minimum atomic E-state index is -1.83. The van der Waals surface area contributed by atoms with Crippen LogP contribution in [0.25, 0.3) is 0 Å². The fraction of sp³-hybridized carbons (Fsp3) is 0. The van der Waals surface area contributed by atoms with E-state index in [1.807, 2.05) is 0 Å². The molecule has 0 heterocycles. The summed E-state index contributed by atoms with van der Waals surface area (Å²) in [6, 6.07) is 0. The van der Waals surface area contributed by atoms with Crippen molar-refractivity contribution in [3.05, 3.63) is 12.7 Å². The van der Waals surface area contributed by atoms with Gasteiger partial charge in [-0.15, -0.1) is 0 Å². The van der Waals surface area contributed by atoms with Crippen molar-refractivity contribution in [1.82, 2.24) is 0 Å². The van der Waals surface area contributed by atoms with Gasteiger partial charge in [0.1, 0.15) is 0 Å². The molecule has 0 saturated heterocycles. The summed E-state index contributed by atoms with van der Waals surface area (Å²) in [5, 5.41) is 0. The van der Waals surface area contributed by atoms with Crippen LogP contribution in [0.15, 0.2) is 12.7 Å². The van der Waals surface area contributed by atoms with Gasteiger partial charge >= 0.3 is 6.15 Å².